The van der Waals surface area contributed by atoms with Crippen molar-refractivity contribution < 1.29 is 32.7 Å². The van der Waals surface area contributed by atoms with Crippen LogP contribution in [0.5, 0.6) is 5.75 Å². The van der Waals surface area contributed by atoms with E-state index < -0.39 is 17.7 Å². The highest BCUT2D eigenvalue weighted by molar-refractivity contribution is 6.04. The summed E-state index contributed by atoms with van der Waals surface area (Å²) >= 11 is 0. The number of hydrogen-bond acceptors (Lipinski definition) is 14. The smallest absolute Gasteiger partial charge is 0.295 e. The SMILES string of the molecule is CCc1nc(C)oc1C(=O)Nc1nc2cc(CN)cnc2n1C/C=C/Cn1c(NC(=O)c2oc(C)nc2CC)nc2cc(C(N)=O)cc(OCCCN3CCOCC3)c21. The molecule has 0 bridgehead atoms. The summed E-state index contributed by atoms with van der Waals surface area (Å²) in [7, 11) is 0. The number of fused-ring (bicyclic) bond motifs is 2. The zero-order chi connectivity index (χ0) is 41.6. The Labute approximate surface area is 339 Å². The van der Waals surface area contributed by atoms with Gasteiger partial charge >= 0.3 is 0 Å². The molecule has 0 unspecified atom stereocenters. The van der Waals surface area contributed by atoms with Crippen molar-refractivity contribution in [3.63, 3.8) is 0 Å². The number of anilines is 2. The topological polar surface area (TPSA) is 250 Å². The van der Waals surface area contributed by atoms with Gasteiger partial charge in [-0.15, -0.1) is 0 Å². The van der Waals surface area contributed by atoms with E-state index in [0.29, 0.717) is 83.8 Å². The van der Waals surface area contributed by atoms with Gasteiger partial charge in [-0.3, -0.25) is 34.5 Å². The molecule has 6 N–H and O–H groups in total. The standard InChI is InChI=1S/C40H48N12O7/c1-5-27-33(58-23(3)44-27)37(54)48-39-46-29-19-26(35(42)53)20-31(57-15-9-10-50-13-16-56-17-14-50)32(29)51(39)11-7-8-12-52-36-30(18-25(21-41)22-43-36)47-40(52)49-38(55)34-28(6-2)45-24(4)59-34/h7-8,18-20,22H,5-6,9-17,21,41H2,1-4H3,(H2,42,53)(H,46,48,54)(H,47,49,55)/b8-7+. The second kappa shape index (κ2) is 18.0. The molecule has 1 saturated heterocycles. The molecule has 0 saturated carbocycles. The van der Waals surface area contributed by atoms with Crippen molar-refractivity contribution in [2.75, 3.05) is 50.1 Å². The summed E-state index contributed by atoms with van der Waals surface area (Å²) in [6.07, 6.45) is 7.12. The van der Waals surface area contributed by atoms with Crippen LogP contribution in [0.4, 0.5) is 11.9 Å². The van der Waals surface area contributed by atoms with E-state index >= 15 is 0 Å². The first-order chi connectivity index (χ1) is 28.6. The number of nitrogens with one attached hydrogen (secondary N) is 2. The molecular weight excluding hydrogens is 761 g/mol. The monoisotopic (exact) mass is 808 g/mol. The summed E-state index contributed by atoms with van der Waals surface area (Å²) in [6.45, 7) is 12.1. The lowest BCUT2D eigenvalue weighted by molar-refractivity contribution is 0.0358. The number of primary amides is 1. The molecule has 1 fully saturated rings. The zero-order valence-corrected chi connectivity index (χ0v) is 33.5. The minimum atomic E-state index is -0.651. The Bertz CT molecular complexity index is 2520. The first-order valence-corrected chi connectivity index (χ1v) is 19.6. The van der Waals surface area contributed by atoms with E-state index in [2.05, 4.69) is 35.5 Å². The summed E-state index contributed by atoms with van der Waals surface area (Å²) in [5, 5.41) is 5.77. The fraction of sp³-hybridized carbons (Fsp3) is 0.400. The molecule has 1 aliphatic heterocycles. The van der Waals surface area contributed by atoms with Gasteiger partial charge in [0.15, 0.2) is 17.4 Å². The Hall–Kier alpha value is -6.44. The van der Waals surface area contributed by atoms with Gasteiger partial charge in [-0.05, 0) is 43.0 Å². The summed E-state index contributed by atoms with van der Waals surface area (Å²) in [4.78, 5) is 64.6. The Morgan fingerprint density at radius 3 is 2.07 bits per heavy atom. The van der Waals surface area contributed by atoms with Crippen LogP contribution in [0.1, 0.15) is 80.5 Å². The van der Waals surface area contributed by atoms with Crippen molar-refractivity contribution in [3.05, 3.63) is 82.4 Å². The molecule has 5 aromatic heterocycles. The maximum Gasteiger partial charge on any atom is 0.295 e. The van der Waals surface area contributed by atoms with Crippen LogP contribution in [0.3, 0.4) is 0 Å². The van der Waals surface area contributed by atoms with Crippen LogP contribution in [0.25, 0.3) is 22.2 Å². The number of allylic oxidation sites excluding steroid dienone is 2. The first kappa shape index (κ1) is 40.7. The number of pyridine rings is 1. The third-order valence-corrected chi connectivity index (χ3v) is 9.83. The number of nitrogens with two attached hydrogens (primary N) is 2. The van der Waals surface area contributed by atoms with Crippen molar-refractivity contribution in [1.82, 2.24) is 39.0 Å². The van der Waals surface area contributed by atoms with Crippen molar-refractivity contribution in [2.24, 2.45) is 11.5 Å². The average Bonchev–Trinajstić information content (AvgIpc) is 4.00. The van der Waals surface area contributed by atoms with Crippen LogP contribution in [0.15, 0.2) is 45.4 Å². The predicted octanol–water partition coefficient (Wildman–Crippen LogP) is 3.92. The summed E-state index contributed by atoms with van der Waals surface area (Å²) in [5.74, 6) is 0.0591. The second-order valence-corrected chi connectivity index (χ2v) is 13.9. The zero-order valence-electron chi connectivity index (χ0n) is 33.5. The lowest BCUT2D eigenvalue weighted by Gasteiger charge is -2.26. The average molecular weight is 809 g/mol. The maximum atomic E-state index is 13.7. The summed E-state index contributed by atoms with van der Waals surface area (Å²) in [5.41, 5.74) is 15.7. The van der Waals surface area contributed by atoms with Crippen molar-refractivity contribution in [2.45, 2.75) is 66.6 Å². The summed E-state index contributed by atoms with van der Waals surface area (Å²) < 4.78 is 26.7. The molecule has 19 heteroatoms. The number of aromatic nitrogens is 7. The molecule has 19 nitrogen and oxygen atoms in total. The van der Waals surface area contributed by atoms with Gasteiger partial charge in [-0.2, -0.15) is 0 Å². The first-order valence-electron chi connectivity index (χ1n) is 19.6. The Balaban J connectivity index is 1.21. The molecular formula is C40H48N12O7. The number of imidazole rings is 2. The number of ether oxygens (including phenoxy) is 2. The van der Waals surface area contributed by atoms with Gasteiger partial charge in [0.05, 0.1) is 36.7 Å². The lowest BCUT2D eigenvalue weighted by atomic mass is 10.1. The molecule has 0 atom stereocenters. The minimum Gasteiger partial charge on any atom is -0.491 e. The highest BCUT2D eigenvalue weighted by Crippen LogP contribution is 2.32. The van der Waals surface area contributed by atoms with Crippen LogP contribution in [-0.4, -0.2) is 96.1 Å². The molecule has 1 aromatic carbocycles. The molecule has 0 aliphatic carbocycles. The van der Waals surface area contributed by atoms with Gasteiger partial charge in [-0.25, -0.2) is 24.9 Å². The number of carbonyl (C=O) groups is 3. The molecule has 6 aromatic rings. The molecule has 59 heavy (non-hydrogen) atoms. The number of amides is 3. The van der Waals surface area contributed by atoms with E-state index in [1.165, 1.54) is 0 Å². The maximum absolute atomic E-state index is 13.7. The van der Waals surface area contributed by atoms with E-state index in [9.17, 15) is 14.4 Å². The highest BCUT2D eigenvalue weighted by Gasteiger charge is 2.25. The van der Waals surface area contributed by atoms with Crippen molar-refractivity contribution >= 4 is 51.8 Å². The third-order valence-electron chi connectivity index (χ3n) is 9.83. The van der Waals surface area contributed by atoms with Gasteiger partial charge in [0.1, 0.15) is 16.8 Å². The number of benzene rings is 1. The number of morpholine rings is 1. The van der Waals surface area contributed by atoms with E-state index in [0.717, 1.165) is 31.6 Å². The lowest BCUT2D eigenvalue weighted by Crippen LogP contribution is -2.37. The largest absolute Gasteiger partial charge is 0.491 e. The Morgan fingerprint density at radius 1 is 0.847 bits per heavy atom. The molecule has 310 valence electrons. The van der Waals surface area contributed by atoms with E-state index in [1.54, 1.807) is 41.3 Å². The van der Waals surface area contributed by atoms with Crippen LogP contribution in [0.2, 0.25) is 0 Å². The fourth-order valence-corrected chi connectivity index (χ4v) is 6.93. The predicted molar refractivity (Wildman–Crippen MR) is 217 cm³/mol. The van der Waals surface area contributed by atoms with E-state index in [-0.39, 0.29) is 48.6 Å². The van der Waals surface area contributed by atoms with Gasteiger partial charge in [0.2, 0.25) is 29.3 Å². The van der Waals surface area contributed by atoms with Gasteiger partial charge < -0.3 is 34.3 Å². The van der Waals surface area contributed by atoms with Crippen LogP contribution >= 0.6 is 0 Å². The van der Waals surface area contributed by atoms with Crippen molar-refractivity contribution in [1.29, 1.82) is 0 Å². The normalized spacial score (nSPS) is 13.5. The van der Waals surface area contributed by atoms with Crippen LogP contribution < -0.4 is 26.8 Å². The molecule has 0 radical (unpaired) electrons. The number of oxazole rings is 2. The highest BCUT2D eigenvalue weighted by atomic mass is 16.5. The second-order valence-electron chi connectivity index (χ2n) is 13.9. The molecule has 1 aliphatic rings. The summed E-state index contributed by atoms with van der Waals surface area (Å²) in [6, 6.07) is 4.98. The Morgan fingerprint density at radius 2 is 1.46 bits per heavy atom. The molecule has 6 heterocycles. The number of nitrogens with zero attached hydrogens (tertiary/aromatic N) is 8. The number of aryl methyl sites for hydroxylation is 4. The van der Waals surface area contributed by atoms with E-state index in [1.807, 2.05) is 32.1 Å². The van der Waals surface area contributed by atoms with Crippen molar-refractivity contribution in [3.8, 4) is 5.75 Å². The van der Waals surface area contributed by atoms with Gasteiger partial charge in [0.25, 0.3) is 11.8 Å². The molecule has 0 spiro atoms. The number of rotatable bonds is 17. The fourth-order valence-electron chi connectivity index (χ4n) is 6.93. The molecule has 7 rings (SSSR count). The number of hydrogen-bond donors (Lipinski definition) is 4. The van der Waals surface area contributed by atoms with Gasteiger partial charge in [-0.1, -0.05) is 26.0 Å². The van der Waals surface area contributed by atoms with Crippen LogP contribution in [0, 0.1) is 13.8 Å². The van der Waals surface area contributed by atoms with Crippen LogP contribution in [-0.2, 0) is 37.2 Å². The Kier molecular flexibility index (Phi) is 12.4. The van der Waals surface area contributed by atoms with Gasteiger partial charge in [0, 0.05) is 64.9 Å². The third kappa shape index (κ3) is 9.01. The number of carbonyl (C=O) groups excluding carboxylic acids is 3. The quantitative estimate of drug-likeness (QED) is 0.0754. The van der Waals surface area contributed by atoms with E-state index in [4.69, 9.17) is 34.8 Å². The minimum absolute atomic E-state index is 0.0787. The molecule has 3 amide bonds.